The molecule has 1 heterocycles. The van der Waals surface area contributed by atoms with Crippen molar-refractivity contribution in [2.45, 2.75) is 38.8 Å². The fourth-order valence-corrected chi connectivity index (χ4v) is 3.36. The van der Waals surface area contributed by atoms with E-state index in [2.05, 4.69) is 24.4 Å². The zero-order valence-corrected chi connectivity index (χ0v) is 14.9. The molecule has 0 spiro atoms. The summed E-state index contributed by atoms with van der Waals surface area (Å²) < 4.78 is 0. The van der Waals surface area contributed by atoms with Crippen molar-refractivity contribution >= 4 is 11.6 Å². The van der Waals surface area contributed by atoms with Crippen molar-refractivity contribution in [1.29, 1.82) is 0 Å². The van der Waals surface area contributed by atoms with Gasteiger partial charge in [-0.1, -0.05) is 36.4 Å². The SMILES string of the molecule is Cc1ccccc1C(O)CNC(C)c1cccc(N2CCCC2=O)c1. The molecule has 4 nitrogen and oxygen atoms in total. The monoisotopic (exact) mass is 338 g/mol. The predicted octanol–water partition coefficient (Wildman–Crippen LogP) is 3.51. The van der Waals surface area contributed by atoms with Gasteiger partial charge in [-0.2, -0.15) is 0 Å². The minimum Gasteiger partial charge on any atom is -0.387 e. The van der Waals surface area contributed by atoms with Crippen LogP contribution in [0.3, 0.4) is 0 Å². The number of nitrogens with zero attached hydrogens (tertiary/aromatic N) is 1. The van der Waals surface area contributed by atoms with E-state index in [0.717, 1.165) is 35.3 Å². The molecule has 1 aliphatic rings. The highest BCUT2D eigenvalue weighted by molar-refractivity contribution is 5.95. The molecule has 1 saturated heterocycles. The number of nitrogens with one attached hydrogen (secondary N) is 1. The number of rotatable bonds is 6. The zero-order chi connectivity index (χ0) is 17.8. The van der Waals surface area contributed by atoms with Crippen molar-refractivity contribution < 1.29 is 9.90 Å². The minimum atomic E-state index is -0.535. The van der Waals surface area contributed by atoms with E-state index in [-0.39, 0.29) is 11.9 Å². The van der Waals surface area contributed by atoms with Crippen LogP contribution < -0.4 is 10.2 Å². The Kier molecular flexibility index (Phi) is 5.51. The molecule has 0 saturated carbocycles. The lowest BCUT2D eigenvalue weighted by atomic mass is 10.0. The van der Waals surface area contributed by atoms with E-state index in [1.807, 2.05) is 48.2 Å². The third-order valence-electron chi connectivity index (χ3n) is 4.92. The van der Waals surface area contributed by atoms with E-state index in [0.29, 0.717) is 13.0 Å². The van der Waals surface area contributed by atoms with Crippen molar-refractivity contribution in [1.82, 2.24) is 5.32 Å². The largest absolute Gasteiger partial charge is 0.387 e. The summed E-state index contributed by atoms with van der Waals surface area (Å²) in [5.41, 5.74) is 4.14. The number of aryl methyl sites for hydroxylation is 1. The molecule has 3 rings (SSSR count). The number of aliphatic hydroxyl groups excluding tert-OH is 1. The maximum Gasteiger partial charge on any atom is 0.227 e. The van der Waals surface area contributed by atoms with Crippen LogP contribution in [0.25, 0.3) is 0 Å². The van der Waals surface area contributed by atoms with Crippen molar-refractivity contribution in [3.8, 4) is 0 Å². The van der Waals surface area contributed by atoms with Crippen molar-refractivity contribution in [2.75, 3.05) is 18.0 Å². The van der Waals surface area contributed by atoms with Crippen LogP contribution in [-0.2, 0) is 4.79 Å². The molecule has 0 aliphatic carbocycles. The van der Waals surface area contributed by atoms with E-state index in [1.54, 1.807) is 0 Å². The number of hydrogen-bond donors (Lipinski definition) is 2. The number of carbonyl (C=O) groups is 1. The molecule has 2 aromatic carbocycles. The summed E-state index contributed by atoms with van der Waals surface area (Å²) in [4.78, 5) is 13.8. The van der Waals surface area contributed by atoms with Gasteiger partial charge < -0.3 is 15.3 Å². The van der Waals surface area contributed by atoms with E-state index in [1.165, 1.54) is 0 Å². The molecule has 132 valence electrons. The highest BCUT2D eigenvalue weighted by Gasteiger charge is 2.22. The second kappa shape index (κ2) is 7.81. The minimum absolute atomic E-state index is 0.0938. The van der Waals surface area contributed by atoms with Gasteiger partial charge in [0.25, 0.3) is 0 Å². The Labute approximate surface area is 149 Å². The molecule has 0 bridgehead atoms. The van der Waals surface area contributed by atoms with E-state index >= 15 is 0 Å². The van der Waals surface area contributed by atoms with E-state index in [9.17, 15) is 9.90 Å². The van der Waals surface area contributed by atoms with Crippen LogP contribution >= 0.6 is 0 Å². The number of anilines is 1. The standard InChI is InChI=1S/C21H26N2O2/c1-15-7-3-4-10-19(15)20(24)14-22-16(2)17-8-5-9-18(13-17)23-12-6-11-21(23)25/h3-5,7-10,13,16,20,22,24H,6,11-12,14H2,1-2H3. The normalized spacial score (nSPS) is 16.9. The maximum atomic E-state index is 11.9. The Bertz CT molecular complexity index is 744. The molecule has 1 amide bonds. The van der Waals surface area contributed by atoms with Gasteiger partial charge in [0.1, 0.15) is 0 Å². The van der Waals surface area contributed by atoms with Gasteiger partial charge in [0.15, 0.2) is 0 Å². The predicted molar refractivity (Wildman–Crippen MR) is 101 cm³/mol. The summed E-state index contributed by atoms with van der Waals surface area (Å²) in [6.45, 7) is 5.38. The molecular weight excluding hydrogens is 312 g/mol. The molecule has 2 N–H and O–H groups in total. The van der Waals surface area contributed by atoms with Crippen molar-refractivity contribution in [3.63, 3.8) is 0 Å². The Morgan fingerprint density at radius 2 is 2.00 bits per heavy atom. The number of benzene rings is 2. The van der Waals surface area contributed by atoms with Crippen LogP contribution in [-0.4, -0.2) is 24.1 Å². The Balaban J connectivity index is 1.64. The van der Waals surface area contributed by atoms with Gasteiger partial charge in [-0.05, 0) is 49.1 Å². The second-order valence-electron chi connectivity index (χ2n) is 6.75. The molecule has 0 aromatic heterocycles. The maximum absolute atomic E-state index is 11.9. The quantitative estimate of drug-likeness (QED) is 0.847. The Morgan fingerprint density at radius 1 is 1.20 bits per heavy atom. The Hall–Kier alpha value is -2.17. The van der Waals surface area contributed by atoms with Crippen LogP contribution in [0.5, 0.6) is 0 Å². The van der Waals surface area contributed by atoms with Gasteiger partial charge in [-0.3, -0.25) is 4.79 Å². The third kappa shape index (κ3) is 4.09. The fourth-order valence-electron chi connectivity index (χ4n) is 3.36. The molecule has 2 unspecified atom stereocenters. The van der Waals surface area contributed by atoms with Crippen molar-refractivity contribution in [3.05, 3.63) is 65.2 Å². The number of carbonyl (C=O) groups excluding carboxylic acids is 1. The Morgan fingerprint density at radius 3 is 2.72 bits per heavy atom. The summed E-state index contributed by atoms with van der Waals surface area (Å²) in [5, 5.41) is 13.8. The van der Waals surface area contributed by atoms with Crippen LogP contribution in [0.15, 0.2) is 48.5 Å². The molecule has 2 aromatic rings. The molecule has 1 fully saturated rings. The van der Waals surface area contributed by atoms with Gasteiger partial charge in [0.2, 0.25) is 5.91 Å². The molecule has 1 aliphatic heterocycles. The first-order chi connectivity index (χ1) is 12.1. The highest BCUT2D eigenvalue weighted by Crippen LogP contribution is 2.25. The third-order valence-corrected chi connectivity index (χ3v) is 4.92. The average molecular weight is 338 g/mol. The average Bonchev–Trinajstić information content (AvgIpc) is 3.06. The molecule has 2 atom stereocenters. The molecule has 25 heavy (non-hydrogen) atoms. The van der Waals surface area contributed by atoms with E-state index < -0.39 is 6.10 Å². The zero-order valence-electron chi connectivity index (χ0n) is 14.9. The highest BCUT2D eigenvalue weighted by atomic mass is 16.3. The lowest BCUT2D eigenvalue weighted by Gasteiger charge is -2.21. The van der Waals surface area contributed by atoms with Gasteiger partial charge in [0, 0.05) is 31.2 Å². The van der Waals surface area contributed by atoms with Gasteiger partial charge >= 0.3 is 0 Å². The van der Waals surface area contributed by atoms with Crippen LogP contribution in [0.2, 0.25) is 0 Å². The van der Waals surface area contributed by atoms with Gasteiger partial charge in [0.05, 0.1) is 6.10 Å². The second-order valence-corrected chi connectivity index (χ2v) is 6.75. The summed E-state index contributed by atoms with van der Waals surface area (Å²) in [6.07, 6.45) is 1.03. The van der Waals surface area contributed by atoms with Crippen LogP contribution in [0.4, 0.5) is 5.69 Å². The number of amides is 1. The smallest absolute Gasteiger partial charge is 0.227 e. The summed E-state index contributed by atoms with van der Waals surface area (Å²) in [5.74, 6) is 0.202. The summed E-state index contributed by atoms with van der Waals surface area (Å²) in [7, 11) is 0. The first-order valence-electron chi connectivity index (χ1n) is 8.93. The topological polar surface area (TPSA) is 52.6 Å². The number of aliphatic hydroxyl groups is 1. The lowest BCUT2D eigenvalue weighted by Crippen LogP contribution is -2.26. The first kappa shape index (κ1) is 17.6. The van der Waals surface area contributed by atoms with Gasteiger partial charge in [-0.15, -0.1) is 0 Å². The molecule has 4 heteroatoms. The van der Waals surface area contributed by atoms with Crippen LogP contribution in [0.1, 0.15) is 48.6 Å². The fraction of sp³-hybridized carbons (Fsp3) is 0.381. The van der Waals surface area contributed by atoms with E-state index in [4.69, 9.17) is 0 Å². The van der Waals surface area contributed by atoms with Crippen LogP contribution in [0, 0.1) is 6.92 Å². The first-order valence-corrected chi connectivity index (χ1v) is 8.93. The van der Waals surface area contributed by atoms with Crippen molar-refractivity contribution in [2.24, 2.45) is 0 Å². The molecular formula is C21H26N2O2. The number of hydrogen-bond acceptors (Lipinski definition) is 3. The summed E-state index contributed by atoms with van der Waals surface area (Å²) in [6, 6.07) is 16.1. The summed E-state index contributed by atoms with van der Waals surface area (Å²) >= 11 is 0. The lowest BCUT2D eigenvalue weighted by molar-refractivity contribution is -0.117. The van der Waals surface area contributed by atoms with Gasteiger partial charge in [-0.25, -0.2) is 0 Å². The molecule has 0 radical (unpaired) electrons.